The van der Waals surface area contributed by atoms with Crippen molar-refractivity contribution in [3.05, 3.63) is 12.3 Å². The molecule has 1 aromatic heterocycles. The van der Waals surface area contributed by atoms with Crippen molar-refractivity contribution in [1.29, 1.82) is 0 Å². The van der Waals surface area contributed by atoms with Gasteiger partial charge in [-0.2, -0.15) is 5.10 Å². The van der Waals surface area contributed by atoms with Crippen molar-refractivity contribution in [2.75, 3.05) is 6.54 Å². The molecule has 3 N–H and O–H groups in total. The molecule has 2 unspecified atom stereocenters. The fourth-order valence-electron chi connectivity index (χ4n) is 2.52. The van der Waals surface area contributed by atoms with Crippen LogP contribution in [0.5, 0.6) is 0 Å². The average molecular weight is 272 g/mol. The van der Waals surface area contributed by atoms with Gasteiger partial charge in [0.15, 0.2) is 5.03 Å². The summed E-state index contributed by atoms with van der Waals surface area (Å²) in [5, 5.41) is 4.22. The van der Waals surface area contributed by atoms with Crippen molar-refractivity contribution >= 4 is 10.0 Å². The first kappa shape index (κ1) is 13.5. The zero-order chi connectivity index (χ0) is 13.2. The zero-order valence-corrected chi connectivity index (χ0v) is 11.4. The van der Waals surface area contributed by atoms with Gasteiger partial charge in [-0.25, -0.2) is 13.1 Å². The van der Waals surface area contributed by atoms with Gasteiger partial charge in [0.05, 0.1) is 6.20 Å². The highest BCUT2D eigenvalue weighted by molar-refractivity contribution is 7.89. The second-order valence-electron chi connectivity index (χ2n) is 4.64. The predicted molar refractivity (Wildman–Crippen MR) is 68.4 cm³/mol. The molecule has 0 radical (unpaired) electrons. The van der Waals surface area contributed by atoms with Gasteiger partial charge in [-0.05, 0) is 38.3 Å². The lowest BCUT2D eigenvalue weighted by atomic mass is 10.1. The lowest BCUT2D eigenvalue weighted by Crippen LogP contribution is -2.40. The zero-order valence-electron chi connectivity index (χ0n) is 10.5. The first-order valence-electron chi connectivity index (χ1n) is 6.32. The summed E-state index contributed by atoms with van der Waals surface area (Å²) in [5.41, 5.74) is 5.67. The van der Waals surface area contributed by atoms with Gasteiger partial charge in [0.25, 0.3) is 10.0 Å². The van der Waals surface area contributed by atoms with Crippen LogP contribution in [0.3, 0.4) is 0 Å². The maximum Gasteiger partial charge on any atom is 0.257 e. The molecule has 0 spiro atoms. The van der Waals surface area contributed by atoms with Crippen LogP contribution < -0.4 is 10.5 Å². The highest BCUT2D eigenvalue weighted by atomic mass is 32.2. The molecule has 1 aliphatic carbocycles. The topological polar surface area (TPSA) is 90.0 Å². The number of nitrogens with two attached hydrogens (primary N) is 1. The summed E-state index contributed by atoms with van der Waals surface area (Å²) in [7, 11) is -3.49. The molecule has 2 rings (SSSR count). The van der Waals surface area contributed by atoms with Gasteiger partial charge in [0.1, 0.15) is 0 Å². The maximum atomic E-state index is 12.3. The Balaban J connectivity index is 2.17. The lowest BCUT2D eigenvalue weighted by molar-refractivity contribution is 0.448. The number of aryl methyl sites for hydroxylation is 1. The molecular weight excluding hydrogens is 252 g/mol. The molecule has 102 valence electrons. The van der Waals surface area contributed by atoms with Crippen LogP contribution in [0, 0.1) is 5.92 Å². The third-order valence-corrected chi connectivity index (χ3v) is 5.03. The Labute approximate surface area is 108 Å². The monoisotopic (exact) mass is 272 g/mol. The van der Waals surface area contributed by atoms with Crippen LogP contribution in [0.25, 0.3) is 0 Å². The second-order valence-corrected chi connectivity index (χ2v) is 6.30. The van der Waals surface area contributed by atoms with Gasteiger partial charge in [0, 0.05) is 12.6 Å². The van der Waals surface area contributed by atoms with Crippen molar-refractivity contribution in [2.45, 2.75) is 43.8 Å². The van der Waals surface area contributed by atoms with Gasteiger partial charge in [-0.3, -0.25) is 4.68 Å². The summed E-state index contributed by atoms with van der Waals surface area (Å²) in [5.74, 6) is 0.248. The Kier molecular flexibility index (Phi) is 4.04. The molecule has 7 heteroatoms. The molecule has 1 saturated carbocycles. The van der Waals surface area contributed by atoms with E-state index in [4.69, 9.17) is 5.73 Å². The van der Waals surface area contributed by atoms with Crippen molar-refractivity contribution in [3.8, 4) is 0 Å². The van der Waals surface area contributed by atoms with E-state index in [1.807, 2.05) is 6.92 Å². The lowest BCUT2D eigenvalue weighted by Gasteiger charge is -2.19. The normalized spacial score (nSPS) is 24.6. The smallest absolute Gasteiger partial charge is 0.257 e. The number of nitrogens with zero attached hydrogens (tertiary/aromatic N) is 2. The molecule has 1 heterocycles. The van der Waals surface area contributed by atoms with E-state index < -0.39 is 10.0 Å². The van der Waals surface area contributed by atoms with Gasteiger partial charge < -0.3 is 5.73 Å². The third kappa shape index (κ3) is 2.57. The van der Waals surface area contributed by atoms with Gasteiger partial charge in [-0.15, -0.1) is 0 Å². The van der Waals surface area contributed by atoms with Crippen LogP contribution in [-0.2, 0) is 16.6 Å². The number of rotatable bonds is 5. The minimum atomic E-state index is -3.49. The molecule has 0 bridgehead atoms. The van der Waals surface area contributed by atoms with Crippen LogP contribution in [-0.4, -0.2) is 30.8 Å². The SMILES string of the molecule is CCn1nccc1S(=O)(=O)NC1CCCC1CN. The summed E-state index contributed by atoms with van der Waals surface area (Å²) in [6.45, 7) is 2.93. The molecule has 18 heavy (non-hydrogen) atoms. The van der Waals surface area contributed by atoms with Crippen molar-refractivity contribution < 1.29 is 8.42 Å². The van der Waals surface area contributed by atoms with Crippen molar-refractivity contribution in [3.63, 3.8) is 0 Å². The maximum absolute atomic E-state index is 12.3. The highest BCUT2D eigenvalue weighted by Crippen LogP contribution is 2.26. The van der Waals surface area contributed by atoms with Crippen LogP contribution in [0.2, 0.25) is 0 Å². The largest absolute Gasteiger partial charge is 0.330 e. The molecule has 1 fully saturated rings. The second kappa shape index (κ2) is 5.38. The molecule has 2 atom stereocenters. The van der Waals surface area contributed by atoms with Crippen LogP contribution in [0.15, 0.2) is 17.3 Å². The minimum absolute atomic E-state index is 0.0415. The Bertz CT molecular complexity index is 497. The van der Waals surface area contributed by atoms with E-state index in [1.165, 1.54) is 16.9 Å². The Hall–Kier alpha value is -0.920. The van der Waals surface area contributed by atoms with E-state index in [9.17, 15) is 8.42 Å². The van der Waals surface area contributed by atoms with E-state index in [2.05, 4.69) is 9.82 Å². The van der Waals surface area contributed by atoms with E-state index in [0.29, 0.717) is 13.1 Å². The summed E-state index contributed by atoms with van der Waals surface area (Å²) >= 11 is 0. The quantitative estimate of drug-likeness (QED) is 0.807. The van der Waals surface area contributed by atoms with E-state index in [1.54, 1.807) is 0 Å². The third-order valence-electron chi connectivity index (χ3n) is 3.52. The predicted octanol–water partition coefficient (Wildman–Crippen LogP) is 0.309. The average Bonchev–Trinajstić information content (AvgIpc) is 2.95. The minimum Gasteiger partial charge on any atom is -0.330 e. The molecular formula is C11H20N4O2S. The molecule has 6 nitrogen and oxygen atoms in total. The Morgan fingerprint density at radius 3 is 3.00 bits per heavy atom. The number of hydrogen-bond donors (Lipinski definition) is 2. The van der Waals surface area contributed by atoms with Crippen molar-refractivity contribution in [1.82, 2.24) is 14.5 Å². The molecule has 0 aliphatic heterocycles. The summed E-state index contributed by atoms with van der Waals surface area (Å²) in [4.78, 5) is 0. The molecule has 1 aliphatic rings. The number of sulfonamides is 1. The Morgan fingerprint density at radius 1 is 1.56 bits per heavy atom. The van der Waals surface area contributed by atoms with Crippen LogP contribution >= 0.6 is 0 Å². The van der Waals surface area contributed by atoms with Crippen molar-refractivity contribution in [2.24, 2.45) is 11.7 Å². The standard InChI is InChI=1S/C11H20N4O2S/c1-2-15-11(6-7-13-15)18(16,17)14-10-5-3-4-9(10)8-12/h6-7,9-10,14H,2-5,8,12H2,1H3. The summed E-state index contributed by atoms with van der Waals surface area (Å²) in [6, 6.07) is 1.48. The van der Waals surface area contributed by atoms with Gasteiger partial charge >= 0.3 is 0 Å². The number of hydrogen-bond acceptors (Lipinski definition) is 4. The Morgan fingerprint density at radius 2 is 2.33 bits per heavy atom. The first-order chi connectivity index (χ1) is 8.58. The molecule has 0 amide bonds. The first-order valence-corrected chi connectivity index (χ1v) is 7.81. The highest BCUT2D eigenvalue weighted by Gasteiger charge is 2.31. The fraction of sp³-hybridized carbons (Fsp3) is 0.727. The fourth-order valence-corrected chi connectivity index (χ4v) is 4.04. The molecule has 0 aromatic carbocycles. The van der Waals surface area contributed by atoms with E-state index in [-0.39, 0.29) is 17.0 Å². The summed E-state index contributed by atoms with van der Waals surface area (Å²) < 4.78 is 28.8. The van der Waals surface area contributed by atoms with Gasteiger partial charge in [-0.1, -0.05) is 6.42 Å². The van der Waals surface area contributed by atoms with Crippen LogP contribution in [0.4, 0.5) is 0 Å². The molecule has 1 aromatic rings. The van der Waals surface area contributed by atoms with Crippen LogP contribution in [0.1, 0.15) is 26.2 Å². The number of aromatic nitrogens is 2. The van der Waals surface area contributed by atoms with E-state index >= 15 is 0 Å². The van der Waals surface area contributed by atoms with E-state index in [0.717, 1.165) is 19.3 Å². The van der Waals surface area contributed by atoms with Gasteiger partial charge in [0.2, 0.25) is 0 Å². The molecule has 0 saturated heterocycles. The summed E-state index contributed by atoms with van der Waals surface area (Å²) in [6.07, 6.45) is 4.40. The number of nitrogens with one attached hydrogen (secondary N) is 1.